The summed E-state index contributed by atoms with van der Waals surface area (Å²) in [5.41, 5.74) is 0. The molecule has 1 unspecified atom stereocenters. The summed E-state index contributed by atoms with van der Waals surface area (Å²) < 4.78 is 23.8. The minimum Gasteiger partial charge on any atom is -0.547 e. The molecular weight excluding hydrogens is 189 g/mol. The largest absolute Gasteiger partial charge is 1.00 e. The van der Waals surface area contributed by atoms with Crippen molar-refractivity contribution in [3.8, 4) is 0 Å². The average Bonchev–Trinajstić information content (AvgIpc) is 2.03. The third-order valence-electron chi connectivity index (χ3n) is 1.60. The molecule has 0 aliphatic heterocycles. The van der Waals surface area contributed by atoms with Crippen LogP contribution in [-0.4, -0.2) is 18.8 Å². The van der Waals surface area contributed by atoms with Crippen LogP contribution in [-0.2, 0) is 4.79 Å². The molecule has 72 valence electrons. The quantitative estimate of drug-likeness (QED) is 0.354. The molecule has 0 N–H and O–H groups in total. The van der Waals surface area contributed by atoms with E-state index in [0.717, 1.165) is 0 Å². The first kappa shape index (κ1) is 15.8. The number of unbranched alkanes of at least 4 members (excludes halogenated alkanes) is 3. The molecule has 13 heavy (non-hydrogen) atoms. The Bertz CT molecular complexity index is 133. The summed E-state index contributed by atoms with van der Waals surface area (Å²) in [6, 6.07) is 0. The van der Waals surface area contributed by atoms with Gasteiger partial charge >= 0.3 is 29.6 Å². The fraction of sp³-hybridized carbons (Fsp3) is 0.875. The van der Waals surface area contributed by atoms with Gasteiger partial charge in [-0.2, -0.15) is 0 Å². The van der Waals surface area contributed by atoms with Gasteiger partial charge in [0.15, 0.2) is 0 Å². The topological polar surface area (TPSA) is 40.1 Å². The number of carbonyl (C=O) groups excluding carboxylic acids is 1. The van der Waals surface area contributed by atoms with Crippen molar-refractivity contribution in [3.05, 3.63) is 0 Å². The number of carbonyl (C=O) groups is 1. The second-order valence-corrected chi connectivity index (χ2v) is 2.68. The van der Waals surface area contributed by atoms with Crippen molar-refractivity contribution in [1.29, 1.82) is 0 Å². The van der Waals surface area contributed by atoms with Crippen LogP contribution in [0.15, 0.2) is 0 Å². The zero-order valence-electron chi connectivity index (χ0n) is 7.89. The molecule has 0 aromatic rings. The SMILES string of the molecule is O=C([O-])C(F)CCCCCCF.[Na+]. The number of halogens is 2. The number of carboxylic acids is 1. The van der Waals surface area contributed by atoms with Gasteiger partial charge in [-0.3, -0.25) is 4.39 Å². The maximum absolute atomic E-state index is 12.3. The summed E-state index contributed by atoms with van der Waals surface area (Å²) in [7, 11) is 0. The van der Waals surface area contributed by atoms with E-state index in [1.807, 2.05) is 0 Å². The summed E-state index contributed by atoms with van der Waals surface area (Å²) in [6.45, 7) is -0.362. The second-order valence-electron chi connectivity index (χ2n) is 2.68. The van der Waals surface area contributed by atoms with Crippen LogP contribution in [0.3, 0.4) is 0 Å². The molecule has 0 radical (unpaired) electrons. The molecule has 1 atom stereocenters. The molecule has 0 aliphatic rings. The number of carboxylic acid groups (broad SMARTS) is 1. The van der Waals surface area contributed by atoms with E-state index in [-0.39, 0.29) is 42.7 Å². The van der Waals surface area contributed by atoms with Crippen molar-refractivity contribution in [1.82, 2.24) is 0 Å². The van der Waals surface area contributed by atoms with E-state index in [2.05, 4.69) is 0 Å². The molecule has 0 spiro atoms. The molecule has 0 saturated heterocycles. The molecule has 5 heteroatoms. The van der Waals surface area contributed by atoms with Crippen LogP contribution in [0.25, 0.3) is 0 Å². The number of hydrogen-bond donors (Lipinski definition) is 0. The Morgan fingerprint density at radius 3 is 2.23 bits per heavy atom. The van der Waals surface area contributed by atoms with E-state index in [4.69, 9.17) is 0 Å². The van der Waals surface area contributed by atoms with Gasteiger partial charge in [-0.15, -0.1) is 0 Å². The van der Waals surface area contributed by atoms with Gasteiger partial charge in [-0.1, -0.05) is 19.3 Å². The molecule has 2 nitrogen and oxygen atoms in total. The summed E-state index contributed by atoms with van der Waals surface area (Å²) in [4.78, 5) is 9.87. The van der Waals surface area contributed by atoms with Gasteiger partial charge < -0.3 is 9.90 Å². The van der Waals surface area contributed by atoms with Crippen LogP contribution >= 0.6 is 0 Å². The van der Waals surface area contributed by atoms with E-state index in [0.29, 0.717) is 25.7 Å². The maximum Gasteiger partial charge on any atom is 1.00 e. The zero-order valence-corrected chi connectivity index (χ0v) is 9.89. The molecule has 0 amide bonds. The van der Waals surface area contributed by atoms with Crippen LogP contribution in [0.1, 0.15) is 32.1 Å². The van der Waals surface area contributed by atoms with Gasteiger partial charge in [0.05, 0.1) is 12.6 Å². The number of alkyl halides is 2. The van der Waals surface area contributed by atoms with Crippen molar-refractivity contribution in [2.24, 2.45) is 0 Å². The number of aliphatic carboxylic acids is 1. The standard InChI is InChI=1S/C8H14F2O2.Na/c9-6-4-2-1-3-5-7(10)8(11)12;/h7H,1-6H2,(H,11,12);/q;+1/p-1. The fourth-order valence-electron chi connectivity index (χ4n) is 0.889. The van der Waals surface area contributed by atoms with Gasteiger partial charge in [0.2, 0.25) is 0 Å². The van der Waals surface area contributed by atoms with Gasteiger partial charge in [0.1, 0.15) is 6.17 Å². The molecule has 0 aromatic carbocycles. The van der Waals surface area contributed by atoms with E-state index >= 15 is 0 Å². The molecule has 0 aliphatic carbocycles. The van der Waals surface area contributed by atoms with Crippen molar-refractivity contribution in [2.75, 3.05) is 6.67 Å². The summed E-state index contributed by atoms with van der Waals surface area (Å²) in [5, 5.41) is 9.87. The summed E-state index contributed by atoms with van der Waals surface area (Å²) in [6.07, 6.45) is 0.440. The predicted octanol–water partition coefficient (Wildman–Crippen LogP) is -2.00. The minimum absolute atomic E-state index is 0. The average molecular weight is 202 g/mol. The van der Waals surface area contributed by atoms with Gasteiger partial charge in [0.25, 0.3) is 0 Å². The van der Waals surface area contributed by atoms with Crippen LogP contribution in [0.5, 0.6) is 0 Å². The second kappa shape index (κ2) is 10.4. The number of hydrogen-bond acceptors (Lipinski definition) is 2. The van der Waals surface area contributed by atoms with Crippen molar-refractivity contribution < 1.29 is 48.2 Å². The molecule has 0 aromatic heterocycles. The maximum atomic E-state index is 12.3. The first-order valence-corrected chi connectivity index (χ1v) is 4.09. The van der Waals surface area contributed by atoms with E-state index < -0.39 is 12.1 Å². The van der Waals surface area contributed by atoms with Crippen molar-refractivity contribution in [2.45, 2.75) is 38.3 Å². The molecule has 0 bridgehead atoms. The van der Waals surface area contributed by atoms with Gasteiger partial charge in [0, 0.05) is 0 Å². The Hall–Kier alpha value is 0.330. The molecular formula is C8H13F2NaO2. The monoisotopic (exact) mass is 202 g/mol. The van der Waals surface area contributed by atoms with E-state index in [1.54, 1.807) is 0 Å². The summed E-state index contributed by atoms with van der Waals surface area (Å²) >= 11 is 0. The smallest absolute Gasteiger partial charge is 0.547 e. The van der Waals surface area contributed by atoms with Crippen LogP contribution in [0, 0.1) is 0 Å². The molecule has 0 heterocycles. The Labute approximate surface area is 99.0 Å². The van der Waals surface area contributed by atoms with Crippen LogP contribution in [0.2, 0.25) is 0 Å². The van der Waals surface area contributed by atoms with Crippen LogP contribution < -0.4 is 34.7 Å². The van der Waals surface area contributed by atoms with Gasteiger partial charge in [-0.05, 0) is 12.8 Å². The number of rotatable bonds is 7. The normalized spacial score (nSPS) is 11.8. The zero-order chi connectivity index (χ0) is 9.40. The van der Waals surface area contributed by atoms with Crippen LogP contribution in [0.4, 0.5) is 8.78 Å². The third-order valence-corrected chi connectivity index (χ3v) is 1.60. The minimum atomic E-state index is -1.87. The Morgan fingerprint density at radius 1 is 1.23 bits per heavy atom. The third kappa shape index (κ3) is 10.2. The predicted molar refractivity (Wildman–Crippen MR) is 39.0 cm³/mol. The van der Waals surface area contributed by atoms with Crippen molar-refractivity contribution >= 4 is 5.97 Å². The van der Waals surface area contributed by atoms with Crippen molar-refractivity contribution in [3.63, 3.8) is 0 Å². The fourth-order valence-corrected chi connectivity index (χ4v) is 0.889. The molecule has 0 fully saturated rings. The molecule has 0 saturated carbocycles. The summed E-state index contributed by atoms with van der Waals surface area (Å²) in [5.74, 6) is -1.65. The Kier molecular flexibility index (Phi) is 12.6. The van der Waals surface area contributed by atoms with Gasteiger partial charge in [-0.25, -0.2) is 4.39 Å². The Balaban J connectivity index is 0. The van der Waals surface area contributed by atoms with E-state index in [1.165, 1.54) is 0 Å². The first-order valence-electron chi connectivity index (χ1n) is 4.09. The Morgan fingerprint density at radius 2 is 1.77 bits per heavy atom. The van der Waals surface area contributed by atoms with E-state index in [9.17, 15) is 18.7 Å². The molecule has 0 rings (SSSR count). The first-order chi connectivity index (χ1) is 5.68.